The fraction of sp³-hybridized carbons (Fsp3) is 0.208. The zero-order chi connectivity index (χ0) is 23.7. The van der Waals surface area contributed by atoms with Crippen molar-refractivity contribution < 1.29 is 32.6 Å². The van der Waals surface area contributed by atoms with Gasteiger partial charge in [0.1, 0.15) is 29.6 Å². The third-order valence-electron chi connectivity index (χ3n) is 5.39. The number of ether oxygens (including phenoxy) is 1. The Morgan fingerprint density at radius 1 is 1.06 bits per heavy atom. The smallest absolute Gasteiger partial charge is 0.340 e. The summed E-state index contributed by atoms with van der Waals surface area (Å²) in [5.41, 5.74) is 1.44. The summed E-state index contributed by atoms with van der Waals surface area (Å²) in [5.74, 6) is -3.66. The van der Waals surface area contributed by atoms with Crippen LogP contribution in [-0.4, -0.2) is 28.4 Å². The van der Waals surface area contributed by atoms with E-state index in [0.717, 1.165) is 0 Å². The lowest BCUT2D eigenvalue weighted by Crippen LogP contribution is -2.14. The van der Waals surface area contributed by atoms with E-state index in [9.17, 15) is 14.3 Å². The molecule has 0 aliphatic carbocycles. The summed E-state index contributed by atoms with van der Waals surface area (Å²) in [7, 11) is 0. The van der Waals surface area contributed by atoms with Crippen LogP contribution in [0.4, 0.5) is 13.2 Å². The van der Waals surface area contributed by atoms with Crippen molar-refractivity contribution in [2.24, 2.45) is 5.16 Å². The van der Waals surface area contributed by atoms with Gasteiger partial charge >= 0.3 is 5.97 Å². The van der Waals surface area contributed by atoms with Crippen LogP contribution in [0.25, 0.3) is 11.3 Å². The Morgan fingerprint density at radius 2 is 1.76 bits per heavy atom. The Labute approximate surface area is 187 Å². The molecular weight excluding hydrogens is 437 g/mol. The molecule has 4 rings (SSSR count). The molecule has 2 aromatic carbocycles. The second kappa shape index (κ2) is 8.93. The molecule has 0 atom stereocenters. The normalized spacial score (nSPS) is 13.1. The van der Waals surface area contributed by atoms with Crippen LogP contribution >= 0.6 is 0 Å². The van der Waals surface area contributed by atoms with E-state index in [1.807, 2.05) is 0 Å². The number of pyridine rings is 1. The maximum atomic E-state index is 15.0. The van der Waals surface area contributed by atoms with Crippen LogP contribution in [0.15, 0.2) is 41.6 Å². The number of rotatable bonds is 6. The molecule has 6 nitrogen and oxygen atoms in total. The number of hydrogen-bond acceptors (Lipinski definition) is 6. The predicted molar refractivity (Wildman–Crippen MR) is 114 cm³/mol. The topological polar surface area (TPSA) is 81.0 Å². The Morgan fingerprint density at radius 3 is 2.39 bits per heavy atom. The maximum Gasteiger partial charge on any atom is 0.340 e. The van der Waals surface area contributed by atoms with Gasteiger partial charge in [0.05, 0.1) is 6.42 Å². The number of hydrogen-bond donors (Lipinski definition) is 1. The largest absolute Gasteiger partial charge is 0.506 e. The molecule has 0 spiro atoms. The number of aromatic hydroxyl groups is 1. The average molecular weight is 456 g/mol. The van der Waals surface area contributed by atoms with Gasteiger partial charge in [0.15, 0.2) is 17.4 Å². The summed E-state index contributed by atoms with van der Waals surface area (Å²) in [6.07, 6.45) is -0.0568. The fourth-order valence-electron chi connectivity index (χ4n) is 3.58. The lowest BCUT2D eigenvalue weighted by molar-refractivity contribution is -0.140. The van der Waals surface area contributed by atoms with Crippen molar-refractivity contribution >= 4 is 11.7 Å². The van der Waals surface area contributed by atoms with E-state index in [2.05, 4.69) is 15.0 Å². The molecule has 1 aromatic heterocycles. The second-order valence-electron chi connectivity index (χ2n) is 7.60. The molecule has 0 amide bonds. The third-order valence-corrected chi connectivity index (χ3v) is 5.39. The van der Waals surface area contributed by atoms with E-state index in [4.69, 9.17) is 4.74 Å². The molecule has 0 radical (unpaired) electrons. The first-order chi connectivity index (χ1) is 15.8. The Balaban J connectivity index is 1.65. The van der Waals surface area contributed by atoms with E-state index in [-0.39, 0.29) is 53.3 Å². The first-order valence-electron chi connectivity index (χ1n) is 10.1. The molecule has 0 saturated carbocycles. The minimum absolute atomic E-state index is 0.0379. The standard InChI is InChI=1S/C24H19F3N2O4/c1-12-17(9-14-7-8-19(30)23(28-14)16-5-3-4-6-18(16)25)13(2)22(27)24(21(12)26)32-11-15-10-20(31)33-29-15/h3-8,30H,9-11H2,1-2H3. The van der Waals surface area contributed by atoms with E-state index in [0.29, 0.717) is 11.3 Å². The zero-order valence-corrected chi connectivity index (χ0v) is 17.8. The van der Waals surface area contributed by atoms with E-state index < -0.39 is 29.2 Å². The van der Waals surface area contributed by atoms with E-state index >= 15 is 8.78 Å². The molecule has 3 aromatic rings. The van der Waals surface area contributed by atoms with Crippen LogP contribution in [0.2, 0.25) is 0 Å². The molecule has 1 aliphatic rings. The maximum absolute atomic E-state index is 15.0. The van der Waals surface area contributed by atoms with Gasteiger partial charge in [-0.2, -0.15) is 0 Å². The van der Waals surface area contributed by atoms with Crippen LogP contribution in [0.3, 0.4) is 0 Å². The number of halogens is 3. The molecule has 0 bridgehead atoms. The number of aromatic nitrogens is 1. The molecule has 170 valence electrons. The van der Waals surface area contributed by atoms with Gasteiger partial charge in [0.25, 0.3) is 0 Å². The van der Waals surface area contributed by atoms with Gasteiger partial charge in [-0.1, -0.05) is 17.3 Å². The molecular formula is C24H19F3N2O4. The van der Waals surface area contributed by atoms with E-state index in [1.165, 1.54) is 44.2 Å². The van der Waals surface area contributed by atoms with Crippen molar-refractivity contribution in [3.05, 3.63) is 76.2 Å². The number of nitrogens with zero attached hydrogens (tertiary/aromatic N) is 2. The lowest BCUT2D eigenvalue weighted by atomic mass is 9.96. The predicted octanol–water partition coefficient (Wildman–Crippen LogP) is 4.76. The summed E-state index contributed by atoms with van der Waals surface area (Å²) in [6.45, 7) is 2.69. The summed E-state index contributed by atoms with van der Waals surface area (Å²) in [4.78, 5) is 19.9. The highest BCUT2D eigenvalue weighted by Crippen LogP contribution is 2.34. The molecule has 0 saturated heterocycles. The van der Waals surface area contributed by atoms with Gasteiger partial charge in [0, 0.05) is 17.7 Å². The average Bonchev–Trinajstić information content (AvgIpc) is 3.22. The second-order valence-corrected chi connectivity index (χ2v) is 7.60. The van der Waals surface area contributed by atoms with Gasteiger partial charge in [-0.05, 0) is 54.8 Å². The quantitative estimate of drug-likeness (QED) is 0.541. The lowest BCUT2D eigenvalue weighted by Gasteiger charge is -2.17. The first kappa shape index (κ1) is 22.3. The van der Waals surface area contributed by atoms with Crippen molar-refractivity contribution in [2.45, 2.75) is 26.7 Å². The van der Waals surface area contributed by atoms with Crippen molar-refractivity contribution in [2.75, 3.05) is 6.61 Å². The van der Waals surface area contributed by atoms with Crippen LogP contribution in [0.1, 0.15) is 28.8 Å². The van der Waals surface area contributed by atoms with Crippen molar-refractivity contribution in [3.63, 3.8) is 0 Å². The number of carbonyl (C=O) groups is 1. The SMILES string of the molecule is Cc1c(F)c(OCC2=NOC(=O)C2)c(F)c(C)c1Cc1ccc(O)c(-c2ccccc2F)n1. The summed E-state index contributed by atoms with van der Waals surface area (Å²) in [6, 6.07) is 8.74. The summed E-state index contributed by atoms with van der Waals surface area (Å²) in [5, 5.41) is 13.7. The molecule has 1 aliphatic heterocycles. The highest BCUT2D eigenvalue weighted by molar-refractivity contribution is 6.02. The molecule has 2 heterocycles. The molecule has 0 unspecified atom stereocenters. The minimum Gasteiger partial charge on any atom is -0.506 e. The fourth-order valence-corrected chi connectivity index (χ4v) is 3.58. The van der Waals surface area contributed by atoms with Crippen LogP contribution in [0.5, 0.6) is 11.5 Å². The van der Waals surface area contributed by atoms with Crippen molar-refractivity contribution in [3.8, 4) is 22.8 Å². The van der Waals surface area contributed by atoms with Gasteiger partial charge in [-0.3, -0.25) is 0 Å². The number of benzene rings is 2. The van der Waals surface area contributed by atoms with Gasteiger partial charge in [-0.15, -0.1) is 0 Å². The van der Waals surface area contributed by atoms with Gasteiger partial charge in [0.2, 0.25) is 0 Å². The molecule has 0 fully saturated rings. The number of oxime groups is 1. The van der Waals surface area contributed by atoms with Crippen molar-refractivity contribution in [1.82, 2.24) is 4.98 Å². The number of carbonyl (C=O) groups excluding carboxylic acids is 1. The van der Waals surface area contributed by atoms with Gasteiger partial charge in [-0.25, -0.2) is 22.9 Å². The van der Waals surface area contributed by atoms with Crippen LogP contribution in [0, 0.1) is 31.3 Å². The summed E-state index contributed by atoms with van der Waals surface area (Å²) < 4.78 is 49.5. The highest BCUT2D eigenvalue weighted by Gasteiger charge is 2.24. The summed E-state index contributed by atoms with van der Waals surface area (Å²) >= 11 is 0. The minimum atomic E-state index is -0.882. The Bertz CT molecular complexity index is 1260. The van der Waals surface area contributed by atoms with E-state index in [1.54, 1.807) is 6.07 Å². The van der Waals surface area contributed by atoms with Crippen LogP contribution < -0.4 is 4.74 Å². The Hall–Kier alpha value is -3.88. The monoisotopic (exact) mass is 456 g/mol. The molecule has 33 heavy (non-hydrogen) atoms. The highest BCUT2D eigenvalue weighted by atomic mass is 19.1. The Kier molecular flexibility index (Phi) is 6.04. The zero-order valence-electron chi connectivity index (χ0n) is 17.8. The first-order valence-corrected chi connectivity index (χ1v) is 10.1. The molecule has 9 heteroatoms. The van der Waals surface area contributed by atoms with Crippen molar-refractivity contribution in [1.29, 1.82) is 0 Å². The van der Waals surface area contributed by atoms with Crippen LogP contribution in [-0.2, 0) is 16.1 Å². The third kappa shape index (κ3) is 4.39. The molecule has 1 N–H and O–H groups in total. The van der Waals surface area contributed by atoms with Gasteiger partial charge < -0.3 is 14.7 Å².